The largest absolute Gasteiger partial charge is 0.467 e. The van der Waals surface area contributed by atoms with Crippen LogP contribution in [0.5, 0.6) is 0 Å². The number of nitrogens with one attached hydrogen (secondary N) is 1. The first-order chi connectivity index (χ1) is 11.2. The van der Waals surface area contributed by atoms with Gasteiger partial charge in [-0.15, -0.1) is 0 Å². The summed E-state index contributed by atoms with van der Waals surface area (Å²) in [5, 5.41) is 2.78. The molecule has 3 rings (SSSR count). The van der Waals surface area contributed by atoms with Crippen LogP contribution in [0.4, 0.5) is 14.9 Å². The highest BCUT2D eigenvalue weighted by atomic mass is 19.1. The van der Waals surface area contributed by atoms with E-state index >= 15 is 0 Å². The summed E-state index contributed by atoms with van der Waals surface area (Å²) in [6, 6.07) is 9.04. The van der Waals surface area contributed by atoms with Crippen molar-refractivity contribution in [3.8, 4) is 0 Å². The van der Waals surface area contributed by atoms with Gasteiger partial charge in [0.15, 0.2) is 0 Å². The van der Waals surface area contributed by atoms with E-state index in [9.17, 15) is 9.18 Å². The van der Waals surface area contributed by atoms with Gasteiger partial charge >= 0.3 is 6.03 Å². The van der Waals surface area contributed by atoms with Crippen molar-refractivity contribution in [3.05, 3.63) is 54.2 Å². The molecule has 1 aliphatic heterocycles. The Labute approximate surface area is 134 Å². The highest BCUT2D eigenvalue weighted by Crippen LogP contribution is 2.17. The maximum Gasteiger partial charge on any atom is 0.322 e. The zero-order chi connectivity index (χ0) is 16.1. The molecule has 2 amide bonds. The van der Waals surface area contributed by atoms with Gasteiger partial charge in [-0.25, -0.2) is 9.18 Å². The molecule has 1 fully saturated rings. The van der Waals surface area contributed by atoms with Crippen LogP contribution in [0, 0.1) is 5.82 Å². The van der Waals surface area contributed by atoms with Gasteiger partial charge in [0.05, 0.1) is 18.9 Å². The van der Waals surface area contributed by atoms with Crippen molar-refractivity contribution >= 4 is 11.7 Å². The van der Waals surface area contributed by atoms with Crippen LogP contribution >= 0.6 is 0 Å². The third-order valence-corrected chi connectivity index (χ3v) is 3.76. The maximum atomic E-state index is 13.0. The molecule has 0 spiro atoms. The number of hydrogen-bond donors (Lipinski definition) is 1. The monoisotopic (exact) mass is 318 g/mol. The Balaban J connectivity index is 1.67. The summed E-state index contributed by atoms with van der Waals surface area (Å²) in [5.74, 6) is 0.368. The summed E-state index contributed by atoms with van der Waals surface area (Å²) in [5.41, 5.74) is 0.549. The Morgan fingerprint density at radius 3 is 2.78 bits per heavy atom. The average molecular weight is 318 g/mol. The summed E-state index contributed by atoms with van der Waals surface area (Å²) >= 11 is 0. The number of anilines is 1. The smallest absolute Gasteiger partial charge is 0.322 e. The predicted molar refractivity (Wildman–Crippen MR) is 83.5 cm³/mol. The number of urea groups is 1. The fourth-order valence-electron chi connectivity index (χ4n) is 2.58. The number of carbonyl (C=O) groups is 1. The molecule has 122 valence electrons. The van der Waals surface area contributed by atoms with Gasteiger partial charge in [-0.2, -0.15) is 0 Å². The quantitative estimate of drug-likeness (QED) is 0.916. The molecule has 0 saturated carbocycles. The molecular formula is C17H19FN2O3. The Morgan fingerprint density at radius 2 is 2.13 bits per heavy atom. The molecule has 1 aromatic heterocycles. The fraction of sp³-hybridized carbons (Fsp3) is 0.353. The molecule has 1 unspecified atom stereocenters. The molecule has 1 atom stereocenters. The van der Waals surface area contributed by atoms with E-state index in [0.29, 0.717) is 24.5 Å². The molecule has 2 heterocycles. The minimum absolute atomic E-state index is 0.0453. The molecule has 0 bridgehead atoms. The zero-order valence-electron chi connectivity index (χ0n) is 12.7. The van der Waals surface area contributed by atoms with Gasteiger partial charge in [-0.05, 0) is 49.2 Å². The molecule has 6 heteroatoms. The number of halogens is 1. The third-order valence-electron chi connectivity index (χ3n) is 3.76. The molecular weight excluding hydrogens is 299 g/mol. The first-order valence-corrected chi connectivity index (χ1v) is 7.66. The third kappa shape index (κ3) is 4.32. The average Bonchev–Trinajstić information content (AvgIpc) is 3.22. The van der Waals surface area contributed by atoms with Crippen LogP contribution in [0.1, 0.15) is 18.6 Å². The maximum absolute atomic E-state index is 13.0. The van der Waals surface area contributed by atoms with Crippen LogP contribution in [0.15, 0.2) is 47.1 Å². The van der Waals surface area contributed by atoms with Gasteiger partial charge < -0.3 is 19.4 Å². The van der Waals surface area contributed by atoms with E-state index in [0.717, 1.165) is 19.4 Å². The SMILES string of the molecule is O=C(Nc1ccc(F)cc1)N(Cc1ccco1)CC1CCCO1. The second-order valence-electron chi connectivity index (χ2n) is 5.53. The molecule has 1 aliphatic rings. The number of nitrogens with zero attached hydrogens (tertiary/aromatic N) is 1. The van der Waals surface area contributed by atoms with E-state index in [1.165, 1.54) is 24.3 Å². The van der Waals surface area contributed by atoms with Crippen LogP contribution in [-0.2, 0) is 11.3 Å². The highest BCUT2D eigenvalue weighted by molar-refractivity contribution is 5.89. The van der Waals surface area contributed by atoms with Gasteiger partial charge in [-0.3, -0.25) is 0 Å². The number of carbonyl (C=O) groups excluding carboxylic acids is 1. The molecule has 0 aliphatic carbocycles. The van der Waals surface area contributed by atoms with Gasteiger partial charge in [0.25, 0.3) is 0 Å². The van der Waals surface area contributed by atoms with Gasteiger partial charge in [0.2, 0.25) is 0 Å². The Morgan fingerprint density at radius 1 is 1.30 bits per heavy atom. The lowest BCUT2D eigenvalue weighted by Gasteiger charge is -2.25. The van der Waals surface area contributed by atoms with Crippen LogP contribution in [0.2, 0.25) is 0 Å². The number of rotatable bonds is 5. The Kier molecular flexibility index (Phi) is 4.92. The molecule has 1 aromatic carbocycles. The van der Waals surface area contributed by atoms with Crippen molar-refractivity contribution in [1.82, 2.24) is 4.90 Å². The van der Waals surface area contributed by atoms with E-state index in [1.807, 2.05) is 6.07 Å². The van der Waals surface area contributed by atoms with Crippen molar-refractivity contribution in [2.45, 2.75) is 25.5 Å². The van der Waals surface area contributed by atoms with Crippen molar-refractivity contribution in [2.24, 2.45) is 0 Å². The van der Waals surface area contributed by atoms with Gasteiger partial charge in [0.1, 0.15) is 11.6 Å². The summed E-state index contributed by atoms with van der Waals surface area (Å²) in [6.07, 6.45) is 3.58. The minimum Gasteiger partial charge on any atom is -0.467 e. The number of benzene rings is 1. The summed E-state index contributed by atoms with van der Waals surface area (Å²) in [7, 11) is 0. The van der Waals surface area contributed by atoms with E-state index < -0.39 is 0 Å². The normalized spacial score (nSPS) is 17.2. The lowest BCUT2D eigenvalue weighted by molar-refractivity contribution is 0.0803. The van der Waals surface area contributed by atoms with E-state index in [1.54, 1.807) is 17.2 Å². The topological polar surface area (TPSA) is 54.7 Å². The second-order valence-corrected chi connectivity index (χ2v) is 5.53. The fourth-order valence-corrected chi connectivity index (χ4v) is 2.58. The predicted octanol–water partition coefficient (Wildman–Crippen LogP) is 3.63. The van der Waals surface area contributed by atoms with Crippen LogP contribution in [0.25, 0.3) is 0 Å². The summed E-state index contributed by atoms with van der Waals surface area (Å²) in [6.45, 7) is 1.59. The molecule has 0 radical (unpaired) electrons. The summed E-state index contributed by atoms with van der Waals surface area (Å²) in [4.78, 5) is 14.2. The molecule has 2 aromatic rings. The standard InChI is InChI=1S/C17H19FN2O3/c18-13-5-7-14(8-6-13)19-17(21)20(11-15-3-1-9-22-15)12-16-4-2-10-23-16/h1,3,5-9,16H,2,4,10-12H2,(H,19,21). The molecule has 1 N–H and O–H groups in total. The first-order valence-electron chi connectivity index (χ1n) is 7.66. The van der Waals surface area contributed by atoms with Crippen molar-refractivity contribution in [2.75, 3.05) is 18.5 Å². The number of amides is 2. The van der Waals surface area contributed by atoms with Crippen LogP contribution in [-0.4, -0.2) is 30.2 Å². The first kappa shape index (κ1) is 15.6. The van der Waals surface area contributed by atoms with Crippen molar-refractivity contribution < 1.29 is 18.3 Å². The molecule has 23 heavy (non-hydrogen) atoms. The second kappa shape index (κ2) is 7.28. The lowest BCUT2D eigenvalue weighted by atomic mass is 10.2. The number of furan rings is 1. The number of hydrogen-bond acceptors (Lipinski definition) is 3. The van der Waals surface area contributed by atoms with E-state index in [4.69, 9.17) is 9.15 Å². The van der Waals surface area contributed by atoms with Gasteiger partial charge in [-0.1, -0.05) is 0 Å². The van der Waals surface area contributed by atoms with Crippen LogP contribution < -0.4 is 5.32 Å². The van der Waals surface area contributed by atoms with Crippen molar-refractivity contribution in [1.29, 1.82) is 0 Å². The molecule has 1 saturated heterocycles. The Bertz CT molecular complexity index is 622. The number of ether oxygens (including phenoxy) is 1. The molecule has 5 nitrogen and oxygen atoms in total. The van der Waals surface area contributed by atoms with Crippen LogP contribution in [0.3, 0.4) is 0 Å². The Hall–Kier alpha value is -2.34. The van der Waals surface area contributed by atoms with E-state index in [-0.39, 0.29) is 18.0 Å². The zero-order valence-corrected chi connectivity index (χ0v) is 12.7. The summed E-state index contributed by atoms with van der Waals surface area (Å²) < 4.78 is 23.9. The highest BCUT2D eigenvalue weighted by Gasteiger charge is 2.23. The van der Waals surface area contributed by atoms with E-state index in [2.05, 4.69) is 5.32 Å². The van der Waals surface area contributed by atoms with Gasteiger partial charge in [0, 0.05) is 18.8 Å². The van der Waals surface area contributed by atoms with Crippen molar-refractivity contribution in [3.63, 3.8) is 0 Å². The minimum atomic E-state index is -0.338. The lowest BCUT2D eigenvalue weighted by Crippen LogP contribution is -2.39.